The fourth-order valence-electron chi connectivity index (χ4n) is 2.87. The van der Waals surface area contributed by atoms with Crippen molar-refractivity contribution in [1.82, 2.24) is 0 Å². The van der Waals surface area contributed by atoms with Gasteiger partial charge in [-0.1, -0.05) is 23.7 Å². The molecule has 0 saturated heterocycles. The summed E-state index contributed by atoms with van der Waals surface area (Å²) >= 11 is 6.09. The molecule has 2 aromatic rings. The number of hydrogen-bond acceptors (Lipinski definition) is 3. The topological polar surface area (TPSA) is 41.5 Å². The number of nitrogens with one attached hydrogen (secondary N) is 1. The molecule has 0 aromatic heterocycles. The first-order valence-corrected chi connectivity index (χ1v) is 7.56. The number of phenolic OH excluding ortho intramolecular Hbond substituents is 1. The van der Waals surface area contributed by atoms with E-state index in [9.17, 15) is 5.11 Å². The normalized spacial score (nSPS) is 16.6. The van der Waals surface area contributed by atoms with Crippen LogP contribution in [-0.2, 0) is 6.42 Å². The van der Waals surface area contributed by atoms with E-state index in [4.69, 9.17) is 16.3 Å². The van der Waals surface area contributed by atoms with Gasteiger partial charge < -0.3 is 15.2 Å². The summed E-state index contributed by atoms with van der Waals surface area (Å²) in [6.07, 6.45) is 1.83. The van der Waals surface area contributed by atoms with Gasteiger partial charge in [0.1, 0.15) is 11.5 Å². The molecular weight excluding hydrogens is 286 g/mol. The molecule has 0 bridgehead atoms. The third-order valence-corrected chi connectivity index (χ3v) is 4.05. The number of halogens is 1. The third kappa shape index (κ3) is 2.79. The summed E-state index contributed by atoms with van der Waals surface area (Å²) in [6, 6.07) is 11.4. The number of fused-ring (bicyclic) bond motifs is 1. The van der Waals surface area contributed by atoms with Gasteiger partial charge in [-0.2, -0.15) is 0 Å². The molecular formula is C17H18ClNO2. The molecule has 0 spiro atoms. The molecule has 2 aromatic carbocycles. The van der Waals surface area contributed by atoms with E-state index in [1.54, 1.807) is 6.07 Å². The Morgan fingerprint density at radius 2 is 2.19 bits per heavy atom. The van der Waals surface area contributed by atoms with Gasteiger partial charge in [-0.25, -0.2) is 0 Å². The van der Waals surface area contributed by atoms with E-state index in [0.29, 0.717) is 17.4 Å². The Hall–Kier alpha value is -1.87. The number of anilines is 1. The summed E-state index contributed by atoms with van der Waals surface area (Å²) in [5.74, 6) is 1.18. The Morgan fingerprint density at radius 3 is 3.00 bits per heavy atom. The maximum absolute atomic E-state index is 9.92. The summed E-state index contributed by atoms with van der Waals surface area (Å²) in [5, 5.41) is 14.1. The lowest BCUT2D eigenvalue weighted by Gasteiger charge is -2.19. The quantitative estimate of drug-likeness (QED) is 0.871. The lowest BCUT2D eigenvalue weighted by molar-refractivity contribution is 0.341. The van der Waals surface area contributed by atoms with Crippen molar-refractivity contribution in [2.75, 3.05) is 11.9 Å². The van der Waals surface area contributed by atoms with Crippen LogP contribution in [0.4, 0.5) is 5.69 Å². The van der Waals surface area contributed by atoms with Crippen molar-refractivity contribution in [3.63, 3.8) is 0 Å². The Balaban J connectivity index is 1.89. The molecule has 0 aliphatic heterocycles. The highest BCUT2D eigenvalue weighted by Gasteiger charge is 2.25. The van der Waals surface area contributed by atoms with E-state index < -0.39 is 0 Å². The standard InChI is InChI=1S/C17H18ClNO2/c1-2-21-17-9-6-11(18)10-15(17)19-14-8-7-13-12(14)4-3-5-16(13)20/h3-6,9-10,14,19-20H,2,7-8H2,1H3. The molecule has 1 unspecified atom stereocenters. The van der Waals surface area contributed by atoms with Crippen LogP contribution in [0.1, 0.15) is 30.5 Å². The maximum Gasteiger partial charge on any atom is 0.142 e. The van der Waals surface area contributed by atoms with Gasteiger partial charge in [-0.3, -0.25) is 0 Å². The summed E-state index contributed by atoms with van der Waals surface area (Å²) in [6.45, 7) is 2.57. The van der Waals surface area contributed by atoms with Crippen molar-refractivity contribution >= 4 is 17.3 Å². The smallest absolute Gasteiger partial charge is 0.142 e. The number of hydrogen-bond donors (Lipinski definition) is 2. The minimum Gasteiger partial charge on any atom is -0.508 e. The molecule has 4 heteroatoms. The van der Waals surface area contributed by atoms with Gasteiger partial charge in [0, 0.05) is 5.02 Å². The van der Waals surface area contributed by atoms with E-state index in [1.807, 2.05) is 31.2 Å². The van der Waals surface area contributed by atoms with Gasteiger partial charge in [-0.15, -0.1) is 0 Å². The minimum atomic E-state index is 0.171. The van der Waals surface area contributed by atoms with Crippen LogP contribution in [0.2, 0.25) is 5.02 Å². The third-order valence-electron chi connectivity index (χ3n) is 3.82. The Kier molecular flexibility index (Phi) is 3.93. The molecule has 0 fully saturated rings. The summed E-state index contributed by atoms with van der Waals surface area (Å²) in [5.41, 5.74) is 3.08. The lowest BCUT2D eigenvalue weighted by atomic mass is 10.1. The van der Waals surface area contributed by atoms with Gasteiger partial charge in [0.25, 0.3) is 0 Å². The number of benzene rings is 2. The first-order chi connectivity index (χ1) is 10.2. The largest absolute Gasteiger partial charge is 0.508 e. The molecule has 3 nitrogen and oxygen atoms in total. The predicted molar refractivity (Wildman–Crippen MR) is 85.4 cm³/mol. The number of aromatic hydroxyl groups is 1. The Bertz CT molecular complexity index is 657. The van der Waals surface area contributed by atoms with Crippen molar-refractivity contribution in [2.24, 2.45) is 0 Å². The van der Waals surface area contributed by atoms with Crippen LogP contribution < -0.4 is 10.1 Å². The summed E-state index contributed by atoms with van der Waals surface area (Å²) < 4.78 is 5.64. The van der Waals surface area contributed by atoms with E-state index in [0.717, 1.165) is 35.4 Å². The first kappa shape index (κ1) is 14.1. The summed E-state index contributed by atoms with van der Waals surface area (Å²) in [4.78, 5) is 0. The zero-order valence-electron chi connectivity index (χ0n) is 11.9. The zero-order valence-corrected chi connectivity index (χ0v) is 12.7. The molecule has 2 N–H and O–H groups in total. The van der Waals surface area contributed by atoms with Crippen LogP contribution >= 0.6 is 11.6 Å². The molecule has 0 heterocycles. The highest BCUT2D eigenvalue weighted by molar-refractivity contribution is 6.30. The van der Waals surface area contributed by atoms with E-state index in [-0.39, 0.29) is 6.04 Å². The Morgan fingerprint density at radius 1 is 1.33 bits per heavy atom. The van der Waals surface area contributed by atoms with Crippen LogP contribution in [0.15, 0.2) is 36.4 Å². The van der Waals surface area contributed by atoms with Crippen LogP contribution in [0.5, 0.6) is 11.5 Å². The molecule has 1 aliphatic carbocycles. The van der Waals surface area contributed by atoms with Crippen LogP contribution in [0, 0.1) is 0 Å². The molecule has 1 aliphatic rings. The van der Waals surface area contributed by atoms with Crippen LogP contribution in [0.3, 0.4) is 0 Å². The van der Waals surface area contributed by atoms with Gasteiger partial charge in [0.05, 0.1) is 18.3 Å². The Labute approximate surface area is 129 Å². The van der Waals surface area contributed by atoms with Crippen molar-refractivity contribution in [2.45, 2.75) is 25.8 Å². The highest BCUT2D eigenvalue weighted by Crippen LogP contribution is 2.40. The second kappa shape index (κ2) is 5.86. The minimum absolute atomic E-state index is 0.171. The average molecular weight is 304 g/mol. The highest BCUT2D eigenvalue weighted by atomic mass is 35.5. The molecule has 0 saturated carbocycles. The van der Waals surface area contributed by atoms with Gasteiger partial charge >= 0.3 is 0 Å². The molecule has 1 atom stereocenters. The summed E-state index contributed by atoms with van der Waals surface area (Å²) in [7, 11) is 0. The first-order valence-electron chi connectivity index (χ1n) is 7.18. The SMILES string of the molecule is CCOc1ccc(Cl)cc1NC1CCc2c(O)cccc21. The maximum atomic E-state index is 9.92. The van der Waals surface area contributed by atoms with Crippen molar-refractivity contribution in [1.29, 1.82) is 0 Å². The van der Waals surface area contributed by atoms with Crippen LogP contribution in [-0.4, -0.2) is 11.7 Å². The number of phenols is 1. The predicted octanol–water partition coefficient (Wildman–Crippen LogP) is 4.54. The fourth-order valence-corrected chi connectivity index (χ4v) is 3.04. The monoisotopic (exact) mass is 303 g/mol. The second-order valence-corrected chi connectivity index (χ2v) is 5.59. The van der Waals surface area contributed by atoms with Crippen molar-refractivity contribution < 1.29 is 9.84 Å². The molecule has 0 amide bonds. The number of ether oxygens (including phenoxy) is 1. The van der Waals surface area contributed by atoms with Crippen LogP contribution in [0.25, 0.3) is 0 Å². The fraction of sp³-hybridized carbons (Fsp3) is 0.294. The van der Waals surface area contributed by atoms with Gasteiger partial charge in [0.2, 0.25) is 0 Å². The van der Waals surface area contributed by atoms with Crippen molar-refractivity contribution in [3.05, 3.63) is 52.5 Å². The van der Waals surface area contributed by atoms with Gasteiger partial charge in [0.15, 0.2) is 0 Å². The number of rotatable bonds is 4. The van der Waals surface area contributed by atoms with E-state index in [1.165, 1.54) is 0 Å². The van der Waals surface area contributed by atoms with Gasteiger partial charge in [-0.05, 0) is 55.2 Å². The second-order valence-electron chi connectivity index (χ2n) is 5.15. The molecule has 0 radical (unpaired) electrons. The molecule has 3 rings (SSSR count). The van der Waals surface area contributed by atoms with E-state index in [2.05, 4.69) is 11.4 Å². The average Bonchev–Trinajstić information content (AvgIpc) is 2.87. The zero-order chi connectivity index (χ0) is 14.8. The van der Waals surface area contributed by atoms with E-state index >= 15 is 0 Å². The molecule has 21 heavy (non-hydrogen) atoms. The van der Waals surface area contributed by atoms with Crippen molar-refractivity contribution in [3.8, 4) is 11.5 Å². The molecule has 110 valence electrons. The lowest BCUT2D eigenvalue weighted by Crippen LogP contribution is -2.08.